The van der Waals surface area contributed by atoms with Crippen LogP contribution in [0.4, 0.5) is 0 Å². The van der Waals surface area contributed by atoms with Crippen molar-refractivity contribution in [1.29, 1.82) is 0 Å². The van der Waals surface area contributed by atoms with Gasteiger partial charge in [0.05, 0.1) is 12.6 Å². The van der Waals surface area contributed by atoms with Gasteiger partial charge in [-0.25, -0.2) is 9.86 Å². The standard InChI is InChI=1S/C18H34N2O3/c1-3-5-6-7-8-9-10-11-12-13-17-19-16(4-2)14-20(17)23-15-18(21)22/h16H,3-15H2,1-2H3,(H,21,22). The molecule has 5 nitrogen and oxygen atoms in total. The van der Waals surface area contributed by atoms with E-state index in [1.54, 1.807) is 5.06 Å². The van der Waals surface area contributed by atoms with Gasteiger partial charge < -0.3 is 5.11 Å². The Morgan fingerprint density at radius 2 is 1.74 bits per heavy atom. The average Bonchev–Trinajstić information content (AvgIpc) is 2.93. The van der Waals surface area contributed by atoms with Gasteiger partial charge >= 0.3 is 5.97 Å². The monoisotopic (exact) mass is 326 g/mol. The minimum absolute atomic E-state index is 0.248. The normalized spacial score (nSPS) is 17.6. The number of carbonyl (C=O) groups is 1. The molecule has 0 aromatic rings. The number of hydroxylamine groups is 2. The summed E-state index contributed by atoms with van der Waals surface area (Å²) in [5, 5.41) is 10.4. The van der Waals surface area contributed by atoms with E-state index >= 15 is 0 Å². The van der Waals surface area contributed by atoms with Gasteiger partial charge in [-0.05, 0) is 12.8 Å². The highest BCUT2D eigenvalue weighted by Gasteiger charge is 2.24. The minimum atomic E-state index is -0.938. The van der Waals surface area contributed by atoms with Crippen molar-refractivity contribution in [2.45, 2.75) is 90.5 Å². The van der Waals surface area contributed by atoms with Gasteiger partial charge in [-0.1, -0.05) is 65.2 Å². The fraction of sp³-hybridized carbons (Fsp3) is 0.889. The number of unbranched alkanes of at least 4 members (excludes halogenated alkanes) is 8. The third-order valence-electron chi connectivity index (χ3n) is 4.32. The topological polar surface area (TPSA) is 62.1 Å². The lowest BCUT2D eigenvalue weighted by atomic mass is 10.1. The summed E-state index contributed by atoms with van der Waals surface area (Å²) < 4.78 is 0. The molecular formula is C18H34N2O3. The van der Waals surface area contributed by atoms with Crippen LogP contribution in [-0.2, 0) is 9.63 Å². The lowest BCUT2D eigenvalue weighted by Gasteiger charge is -2.19. The van der Waals surface area contributed by atoms with E-state index < -0.39 is 5.97 Å². The van der Waals surface area contributed by atoms with E-state index in [4.69, 9.17) is 9.94 Å². The smallest absolute Gasteiger partial charge is 0.332 e. The zero-order chi connectivity index (χ0) is 16.9. The van der Waals surface area contributed by atoms with E-state index in [0.717, 1.165) is 25.1 Å². The van der Waals surface area contributed by atoms with Gasteiger partial charge in [-0.2, -0.15) is 0 Å². The second kappa shape index (κ2) is 12.3. The maximum atomic E-state index is 10.6. The van der Waals surface area contributed by atoms with Crippen LogP contribution in [0.2, 0.25) is 0 Å². The summed E-state index contributed by atoms with van der Waals surface area (Å²) in [6.45, 7) is 4.76. The fourth-order valence-corrected chi connectivity index (χ4v) is 2.88. The Labute approximate surface area is 141 Å². The molecule has 0 saturated heterocycles. The number of hydrogen-bond acceptors (Lipinski definition) is 4. The van der Waals surface area contributed by atoms with Crippen molar-refractivity contribution in [2.75, 3.05) is 13.2 Å². The van der Waals surface area contributed by atoms with E-state index in [2.05, 4.69) is 18.8 Å². The maximum Gasteiger partial charge on any atom is 0.332 e. The van der Waals surface area contributed by atoms with Crippen molar-refractivity contribution < 1.29 is 14.7 Å². The fourth-order valence-electron chi connectivity index (χ4n) is 2.88. The predicted molar refractivity (Wildman–Crippen MR) is 93.7 cm³/mol. The Morgan fingerprint density at radius 3 is 2.30 bits per heavy atom. The van der Waals surface area contributed by atoms with Gasteiger partial charge in [0.2, 0.25) is 0 Å². The molecule has 1 atom stereocenters. The molecule has 0 spiro atoms. The van der Waals surface area contributed by atoms with Gasteiger partial charge in [0.1, 0.15) is 5.84 Å². The highest BCUT2D eigenvalue weighted by molar-refractivity contribution is 5.83. The third-order valence-corrected chi connectivity index (χ3v) is 4.32. The third kappa shape index (κ3) is 8.94. The highest BCUT2D eigenvalue weighted by Crippen LogP contribution is 2.17. The first-order chi connectivity index (χ1) is 11.2. The van der Waals surface area contributed by atoms with Crippen LogP contribution in [-0.4, -0.2) is 41.2 Å². The van der Waals surface area contributed by atoms with Gasteiger partial charge in [-0.3, -0.25) is 9.83 Å². The molecule has 0 radical (unpaired) electrons. The Hall–Kier alpha value is -1.10. The molecule has 1 aliphatic rings. The van der Waals surface area contributed by atoms with Crippen LogP contribution < -0.4 is 0 Å². The summed E-state index contributed by atoms with van der Waals surface area (Å²) in [6.07, 6.45) is 13.6. The van der Waals surface area contributed by atoms with E-state index in [0.29, 0.717) is 6.54 Å². The lowest BCUT2D eigenvalue weighted by Crippen LogP contribution is -2.31. The van der Waals surface area contributed by atoms with Crippen LogP contribution in [0.25, 0.3) is 0 Å². The molecule has 23 heavy (non-hydrogen) atoms. The second-order valence-electron chi connectivity index (χ2n) is 6.41. The van der Waals surface area contributed by atoms with E-state index in [1.807, 2.05) is 0 Å². The molecule has 0 aromatic carbocycles. The van der Waals surface area contributed by atoms with Crippen molar-refractivity contribution in [2.24, 2.45) is 4.99 Å². The first kappa shape index (κ1) is 19.9. The number of nitrogens with zero attached hydrogens (tertiary/aromatic N) is 2. The van der Waals surface area contributed by atoms with Crippen molar-refractivity contribution >= 4 is 11.8 Å². The van der Waals surface area contributed by atoms with E-state index in [9.17, 15) is 4.79 Å². The number of hydrogen-bond donors (Lipinski definition) is 1. The van der Waals surface area contributed by atoms with Crippen molar-refractivity contribution in [3.05, 3.63) is 0 Å². The molecule has 1 unspecified atom stereocenters. The molecule has 1 heterocycles. The van der Waals surface area contributed by atoms with Gasteiger partial charge in [0.15, 0.2) is 6.61 Å². The molecule has 0 aromatic heterocycles. The van der Waals surface area contributed by atoms with Crippen LogP contribution in [0.15, 0.2) is 4.99 Å². The maximum absolute atomic E-state index is 10.6. The molecule has 0 amide bonds. The van der Waals surface area contributed by atoms with Crippen molar-refractivity contribution in [1.82, 2.24) is 5.06 Å². The molecule has 5 heteroatoms. The van der Waals surface area contributed by atoms with Crippen LogP contribution >= 0.6 is 0 Å². The van der Waals surface area contributed by atoms with Crippen LogP contribution in [0, 0.1) is 0 Å². The number of rotatable bonds is 14. The Kier molecular flexibility index (Phi) is 10.7. The molecule has 1 rings (SSSR count). The molecule has 0 bridgehead atoms. The number of carboxylic acids is 1. The average molecular weight is 326 g/mol. The molecule has 134 valence electrons. The zero-order valence-corrected chi connectivity index (χ0v) is 14.9. The zero-order valence-electron chi connectivity index (χ0n) is 14.9. The summed E-state index contributed by atoms with van der Waals surface area (Å²) in [7, 11) is 0. The SMILES string of the molecule is CCCCCCCCCCCC1=NC(CC)CN1OCC(=O)O. The predicted octanol–water partition coefficient (Wildman–Crippen LogP) is 4.42. The van der Waals surface area contributed by atoms with E-state index in [-0.39, 0.29) is 12.6 Å². The largest absolute Gasteiger partial charge is 0.479 e. The quantitative estimate of drug-likeness (QED) is 0.480. The number of aliphatic carboxylic acids is 1. The molecular weight excluding hydrogens is 292 g/mol. The molecule has 0 saturated carbocycles. The van der Waals surface area contributed by atoms with Crippen molar-refractivity contribution in [3.63, 3.8) is 0 Å². The summed E-state index contributed by atoms with van der Waals surface area (Å²) >= 11 is 0. The minimum Gasteiger partial charge on any atom is -0.479 e. The Balaban J connectivity index is 2.14. The molecule has 0 aliphatic carbocycles. The summed E-state index contributed by atoms with van der Waals surface area (Å²) in [6, 6.07) is 0.248. The van der Waals surface area contributed by atoms with Crippen LogP contribution in [0.3, 0.4) is 0 Å². The van der Waals surface area contributed by atoms with Gasteiger partial charge in [0.25, 0.3) is 0 Å². The summed E-state index contributed by atoms with van der Waals surface area (Å²) in [4.78, 5) is 20.7. The molecule has 1 N–H and O–H groups in total. The molecule has 1 aliphatic heterocycles. The number of aliphatic imine (C=N–C) groups is 1. The Morgan fingerprint density at radius 1 is 1.13 bits per heavy atom. The first-order valence-corrected chi connectivity index (χ1v) is 9.36. The Bertz CT molecular complexity index is 358. The van der Waals surface area contributed by atoms with E-state index in [1.165, 1.54) is 51.4 Å². The van der Waals surface area contributed by atoms with Crippen LogP contribution in [0.1, 0.15) is 84.5 Å². The van der Waals surface area contributed by atoms with Gasteiger partial charge in [0, 0.05) is 6.42 Å². The first-order valence-electron chi connectivity index (χ1n) is 9.36. The van der Waals surface area contributed by atoms with Gasteiger partial charge in [-0.15, -0.1) is 0 Å². The number of amidine groups is 1. The summed E-state index contributed by atoms with van der Waals surface area (Å²) in [5.74, 6) is -0.00610. The van der Waals surface area contributed by atoms with Crippen LogP contribution in [0.5, 0.6) is 0 Å². The highest BCUT2D eigenvalue weighted by atomic mass is 16.7. The number of carboxylic acid groups (broad SMARTS) is 1. The van der Waals surface area contributed by atoms with Crippen molar-refractivity contribution in [3.8, 4) is 0 Å². The molecule has 0 fully saturated rings. The summed E-state index contributed by atoms with van der Waals surface area (Å²) in [5.41, 5.74) is 0. The lowest BCUT2D eigenvalue weighted by molar-refractivity contribution is -0.158. The second-order valence-corrected chi connectivity index (χ2v) is 6.41.